The van der Waals surface area contributed by atoms with Crippen LogP contribution in [0, 0.1) is 23.7 Å². The second-order valence-corrected chi connectivity index (χ2v) is 9.55. The van der Waals surface area contributed by atoms with E-state index >= 15 is 0 Å². The number of hydrazone groups is 1. The summed E-state index contributed by atoms with van der Waals surface area (Å²) in [5.41, 5.74) is 4.55. The van der Waals surface area contributed by atoms with Crippen molar-refractivity contribution in [3.05, 3.63) is 29.3 Å². The number of primary sulfonamides is 1. The summed E-state index contributed by atoms with van der Waals surface area (Å²) in [6.45, 7) is 8.40. The SMILES string of the molecule is Cc1ccc(C(=O)N/N=C2/C[C@H]3CC[C@]2(C)C3(C)C)cc1S(N)(=O)=O. The Bertz CT molecular complexity index is 874. The zero-order chi connectivity index (χ0) is 18.6. The highest BCUT2D eigenvalue weighted by molar-refractivity contribution is 7.89. The Morgan fingerprint density at radius 1 is 1.32 bits per heavy atom. The van der Waals surface area contributed by atoms with Crippen LogP contribution in [0.15, 0.2) is 28.2 Å². The van der Waals surface area contributed by atoms with Gasteiger partial charge in [0, 0.05) is 16.7 Å². The lowest BCUT2D eigenvalue weighted by molar-refractivity contribution is 0.0953. The van der Waals surface area contributed by atoms with Crippen molar-refractivity contribution >= 4 is 21.6 Å². The van der Waals surface area contributed by atoms with E-state index < -0.39 is 15.9 Å². The molecule has 3 rings (SSSR count). The maximum atomic E-state index is 12.4. The number of hydrogen-bond acceptors (Lipinski definition) is 4. The number of hydrogen-bond donors (Lipinski definition) is 2. The maximum absolute atomic E-state index is 12.4. The average molecular weight is 363 g/mol. The fourth-order valence-corrected chi connectivity index (χ4v) is 5.14. The van der Waals surface area contributed by atoms with E-state index in [4.69, 9.17) is 5.14 Å². The summed E-state index contributed by atoms with van der Waals surface area (Å²) in [5, 5.41) is 9.60. The van der Waals surface area contributed by atoms with Crippen LogP contribution in [-0.4, -0.2) is 20.0 Å². The molecule has 0 aromatic heterocycles. The van der Waals surface area contributed by atoms with Crippen molar-refractivity contribution in [3.63, 3.8) is 0 Å². The second kappa shape index (κ2) is 5.64. The van der Waals surface area contributed by atoms with Gasteiger partial charge in [0.2, 0.25) is 10.0 Å². The Hall–Kier alpha value is -1.73. The minimum Gasteiger partial charge on any atom is -0.267 e. The van der Waals surface area contributed by atoms with Crippen LogP contribution in [0.1, 0.15) is 56.0 Å². The lowest BCUT2D eigenvalue weighted by Gasteiger charge is -2.34. The summed E-state index contributed by atoms with van der Waals surface area (Å²) < 4.78 is 23.2. The topological polar surface area (TPSA) is 102 Å². The zero-order valence-corrected chi connectivity index (χ0v) is 15.9. The molecule has 3 N–H and O–H groups in total. The van der Waals surface area contributed by atoms with Crippen molar-refractivity contribution in [2.75, 3.05) is 0 Å². The van der Waals surface area contributed by atoms with Gasteiger partial charge in [0.05, 0.1) is 4.90 Å². The maximum Gasteiger partial charge on any atom is 0.271 e. The fraction of sp³-hybridized carbons (Fsp3) is 0.556. The molecule has 0 spiro atoms. The molecule has 25 heavy (non-hydrogen) atoms. The van der Waals surface area contributed by atoms with Crippen molar-refractivity contribution in [2.45, 2.75) is 51.9 Å². The van der Waals surface area contributed by atoms with Gasteiger partial charge in [-0.2, -0.15) is 5.10 Å². The Balaban J connectivity index is 1.83. The number of nitrogens with zero attached hydrogens (tertiary/aromatic N) is 1. The van der Waals surface area contributed by atoms with Crippen LogP contribution in [0.2, 0.25) is 0 Å². The molecule has 2 aliphatic carbocycles. The Labute approximate surface area is 148 Å². The van der Waals surface area contributed by atoms with E-state index in [1.165, 1.54) is 12.5 Å². The number of nitrogens with two attached hydrogens (primary N) is 1. The Morgan fingerprint density at radius 3 is 2.52 bits per heavy atom. The van der Waals surface area contributed by atoms with Crippen molar-refractivity contribution in [1.82, 2.24) is 5.43 Å². The number of amides is 1. The largest absolute Gasteiger partial charge is 0.271 e. The number of aryl methyl sites for hydroxylation is 1. The van der Waals surface area contributed by atoms with Crippen molar-refractivity contribution in [3.8, 4) is 0 Å². The number of rotatable bonds is 3. The molecule has 6 nitrogen and oxygen atoms in total. The molecule has 136 valence electrons. The van der Waals surface area contributed by atoms with Crippen LogP contribution < -0.4 is 10.6 Å². The normalized spacial score (nSPS) is 29.2. The number of nitrogens with one attached hydrogen (secondary N) is 1. The van der Waals surface area contributed by atoms with Crippen LogP contribution in [0.25, 0.3) is 0 Å². The molecule has 0 aliphatic heterocycles. The summed E-state index contributed by atoms with van der Waals surface area (Å²) in [6, 6.07) is 4.45. The third-order valence-electron chi connectivity index (χ3n) is 6.56. The van der Waals surface area contributed by atoms with Gasteiger partial charge < -0.3 is 0 Å². The predicted octanol–water partition coefficient (Wildman–Crippen LogP) is 2.57. The lowest BCUT2D eigenvalue weighted by Crippen LogP contribution is -2.34. The van der Waals surface area contributed by atoms with Gasteiger partial charge in [-0.15, -0.1) is 0 Å². The highest BCUT2D eigenvalue weighted by atomic mass is 32.2. The zero-order valence-electron chi connectivity index (χ0n) is 15.1. The molecular formula is C18H25N3O3S. The summed E-state index contributed by atoms with van der Waals surface area (Å²) in [6.07, 6.45) is 3.19. The minimum atomic E-state index is -3.87. The van der Waals surface area contributed by atoms with Crippen LogP contribution >= 0.6 is 0 Å². The third-order valence-corrected chi connectivity index (χ3v) is 7.61. The first-order valence-corrected chi connectivity index (χ1v) is 10.0. The molecule has 0 heterocycles. The number of benzene rings is 1. The van der Waals surface area contributed by atoms with Gasteiger partial charge in [0.1, 0.15) is 0 Å². The lowest BCUT2D eigenvalue weighted by atomic mass is 9.70. The molecule has 2 atom stereocenters. The average Bonchev–Trinajstić information content (AvgIpc) is 2.85. The number of carbonyl (C=O) groups excluding carboxylic acids is 1. The number of carbonyl (C=O) groups is 1. The first kappa shape index (κ1) is 18.1. The van der Waals surface area contributed by atoms with Gasteiger partial charge in [-0.1, -0.05) is 26.8 Å². The van der Waals surface area contributed by atoms with Gasteiger partial charge in [0.15, 0.2) is 0 Å². The molecule has 2 bridgehead atoms. The van der Waals surface area contributed by atoms with E-state index in [1.54, 1.807) is 19.1 Å². The minimum absolute atomic E-state index is 0.00395. The fourth-order valence-electron chi connectivity index (χ4n) is 4.33. The summed E-state index contributed by atoms with van der Waals surface area (Å²) in [7, 11) is -3.87. The molecule has 7 heteroatoms. The van der Waals surface area contributed by atoms with E-state index in [0.717, 1.165) is 18.6 Å². The Kier molecular flexibility index (Phi) is 4.08. The summed E-state index contributed by atoms with van der Waals surface area (Å²) in [5.74, 6) is 0.170. The summed E-state index contributed by atoms with van der Waals surface area (Å²) >= 11 is 0. The van der Waals surface area contributed by atoms with E-state index in [9.17, 15) is 13.2 Å². The molecule has 0 saturated heterocycles. The van der Waals surface area contributed by atoms with Crippen LogP contribution in [0.5, 0.6) is 0 Å². The van der Waals surface area contributed by atoms with E-state index in [1.807, 2.05) is 0 Å². The van der Waals surface area contributed by atoms with Crippen LogP contribution in [0.3, 0.4) is 0 Å². The molecule has 0 radical (unpaired) electrons. The standard InChI is InChI=1S/C18H25N3O3S/c1-11-5-6-12(9-14(11)25(19,23)24)16(22)21-20-15-10-13-7-8-18(15,4)17(13,2)3/h5-6,9,13H,7-8,10H2,1-4H3,(H,21,22)(H2,19,23,24)/b20-15-/t13-,18+/m1/s1. The van der Waals surface area contributed by atoms with Gasteiger partial charge >= 0.3 is 0 Å². The van der Waals surface area contributed by atoms with E-state index in [2.05, 4.69) is 31.3 Å². The molecule has 2 fully saturated rings. The molecular weight excluding hydrogens is 338 g/mol. The highest BCUT2D eigenvalue weighted by Crippen LogP contribution is 2.63. The third kappa shape index (κ3) is 2.79. The van der Waals surface area contributed by atoms with Crippen molar-refractivity contribution < 1.29 is 13.2 Å². The Morgan fingerprint density at radius 2 is 2.00 bits per heavy atom. The number of sulfonamides is 1. The van der Waals surface area contributed by atoms with E-state index in [-0.39, 0.29) is 21.3 Å². The first-order chi connectivity index (χ1) is 11.5. The monoisotopic (exact) mass is 363 g/mol. The smallest absolute Gasteiger partial charge is 0.267 e. The van der Waals surface area contributed by atoms with Crippen LogP contribution in [0.4, 0.5) is 0 Å². The molecule has 1 aromatic rings. The van der Waals surface area contributed by atoms with Gasteiger partial charge in [-0.3, -0.25) is 4.79 Å². The van der Waals surface area contributed by atoms with Crippen molar-refractivity contribution in [1.29, 1.82) is 0 Å². The van der Waals surface area contributed by atoms with Gasteiger partial charge in [0.25, 0.3) is 5.91 Å². The molecule has 2 saturated carbocycles. The molecule has 1 amide bonds. The molecule has 1 aromatic carbocycles. The van der Waals surface area contributed by atoms with Gasteiger partial charge in [-0.05, 0) is 55.2 Å². The molecule has 2 aliphatic rings. The quantitative estimate of drug-likeness (QED) is 0.807. The highest BCUT2D eigenvalue weighted by Gasteiger charge is 2.60. The van der Waals surface area contributed by atoms with E-state index in [0.29, 0.717) is 11.5 Å². The molecule has 0 unspecified atom stereocenters. The van der Waals surface area contributed by atoms with Gasteiger partial charge in [-0.25, -0.2) is 19.0 Å². The second-order valence-electron chi connectivity index (χ2n) is 8.02. The number of fused-ring (bicyclic) bond motifs is 2. The first-order valence-electron chi connectivity index (χ1n) is 8.47. The predicted molar refractivity (Wildman–Crippen MR) is 96.7 cm³/mol. The van der Waals surface area contributed by atoms with Crippen LogP contribution in [-0.2, 0) is 10.0 Å². The van der Waals surface area contributed by atoms with Crippen molar-refractivity contribution in [2.24, 2.45) is 27.0 Å². The summed E-state index contributed by atoms with van der Waals surface area (Å²) in [4.78, 5) is 12.4.